The fourth-order valence-corrected chi connectivity index (χ4v) is 4.73. The van der Waals surface area contributed by atoms with E-state index in [0.29, 0.717) is 5.56 Å². The van der Waals surface area contributed by atoms with Crippen molar-refractivity contribution >= 4 is 11.7 Å². The molecule has 2 fully saturated rings. The summed E-state index contributed by atoms with van der Waals surface area (Å²) in [5.41, 5.74) is 1.94. The van der Waals surface area contributed by atoms with Crippen LogP contribution < -0.4 is 4.90 Å². The Kier molecular flexibility index (Phi) is 5.04. The molecule has 1 aromatic carbocycles. The molecule has 2 aromatic rings. The number of nitrogens with zero attached hydrogens (tertiary/aromatic N) is 4. The van der Waals surface area contributed by atoms with Gasteiger partial charge in [-0.25, -0.2) is 4.98 Å². The molecule has 4 rings (SSSR count). The van der Waals surface area contributed by atoms with Crippen LogP contribution in [-0.2, 0) is 4.79 Å². The third-order valence-corrected chi connectivity index (χ3v) is 6.38. The number of pyridine rings is 1. The van der Waals surface area contributed by atoms with Gasteiger partial charge in [0.25, 0.3) is 0 Å². The summed E-state index contributed by atoms with van der Waals surface area (Å²) < 4.78 is 0. The lowest BCUT2D eigenvalue weighted by Gasteiger charge is -2.50. The number of carbonyl (C=O) groups excluding carboxylic acids is 1. The minimum absolute atomic E-state index is 0.0403. The average molecular weight is 374 g/mol. The maximum absolute atomic E-state index is 13.0. The maximum Gasteiger partial charge on any atom is 0.230 e. The van der Waals surface area contributed by atoms with E-state index in [1.165, 1.54) is 0 Å². The van der Waals surface area contributed by atoms with Gasteiger partial charge in [-0.2, -0.15) is 5.26 Å². The van der Waals surface area contributed by atoms with Gasteiger partial charge in [0.05, 0.1) is 17.6 Å². The number of rotatable bonds is 3. The second-order valence-electron chi connectivity index (χ2n) is 8.02. The molecular weight excluding hydrogens is 348 g/mol. The largest absolute Gasteiger partial charge is 0.357 e. The molecule has 1 atom stereocenters. The van der Waals surface area contributed by atoms with Crippen molar-refractivity contribution in [2.75, 3.05) is 31.1 Å². The van der Waals surface area contributed by atoms with E-state index in [0.717, 1.165) is 56.8 Å². The minimum atomic E-state index is -0.0403. The molecule has 144 valence electrons. The molecule has 2 aliphatic rings. The number of carbonyl (C=O) groups is 1. The zero-order valence-corrected chi connectivity index (χ0v) is 16.3. The first kappa shape index (κ1) is 18.5. The highest BCUT2D eigenvalue weighted by Gasteiger charge is 2.45. The molecule has 0 bridgehead atoms. The first-order valence-corrected chi connectivity index (χ1v) is 10.1. The van der Waals surface area contributed by atoms with E-state index in [2.05, 4.69) is 35.0 Å². The summed E-state index contributed by atoms with van der Waals surface area (Å²) in [7, 11) is 0. The molecule has 1 aromatic heterocycles. The van der Waals surface area contributed by atoms with E-state index in [4.69, 9.17) is 5.26 Å². The lowest BCUT2D eigenvalue weighted by Crippen LogP contribution is -2.54. The number of likely N-dealkylation sites (tertiary alicyclic amines) is 1. The highest BCUT2D eigenvalue weighted by Crippen LogP contribution is 2.46. The summed E-state index contributed by atoms with van der Waals surface area (Å²) in [6.45, 7) is 5.51. The lowest BCUT2D eigenvalue weighted by molar-refractivity contribution is -0.140. The highest BCUT2D eigenvalue weighted by atomic mass is 16.2. The van der Waals surface area contributed by atoms with E-state index in [1.807, 2.05) is 29.2 Å². The molecule has 2 aliphatic heterocycles. The predicted molar refractivity (Wildman–Crippen MR) is 109 cm³/mol. The topological polar surface area (TPSA) is 60.2 Å². The third kappa shape index (κ3) is 3.47. The van der Waals surface area contributed by atoms with E-state index in [1.54, 1.807) is 12.3 Å². The van der Waals surface area contributed by atoms with Crippen LogP contribution in [0.15, 0.2) is 48.7 Å². The Morgan fingerprint density at radius 1 is 1.21 bits per heavy atom. The lowest BCUT2D eigenvalue weighted by atomic mass is 9.67. The maximum atomic E-state index is 13.0. The number of anilines is 1. The van der Waals surface area contributed by atoms with E-state index in [9.17, 15) is 4.79 Å². The van der Waals surface area contributed by atoms with Gasteiger partial charge in [0.1, 0.15) is 5.82 Å². The number of amides is 1. The van der Waals surface area contributed by atoms with Crippen LogP contribution in [0.3, 0.4) is 0 Å². The summed E-state index contributed by atoms with van der Waals surface area (Å²) in [5, 5.41) is 9.14. The van der Waals surface area contributed by atoms with Crippen molar-refractivity contribution in [3.8, 4) is 6.07 Å². The summed E-state index contributed by atoms with van der Waals surface area (Å²) in [6, 6.07) is 16.0. The highest BCUT2D eigenvalue weighted by molar-refractivity contribution is 5.84. The molecular formula is C23H26N4O. The summed E-state index contributed by atoms with van der Waals surface area (Å²) in [6.07, 6.45) is 4.71. The molecule has 2 saturated heterocycles. The number of hydrogen-bond donors (Lipinski definition) is 0. The van der Waals surface area contributed by atoms with Crippen molar-refractivity contribution in [1.29, 1.82) is 5.26 Å². The first-order valence-electron chi connectivity index (χ1n) is 10.1. The molecule has 5 heteroatoms. The fourth-order valence-electron chi connectivity index (χ4n) is 4.73. The Balaban J connectivity index is 1.53. The number of hydrogen-bond acceptors (Lipinski definition) is 4. The molecule has 0 unspecified atom stereocenters. The summed E-state index contributed by atoms with van der Waals surface area (Å²) >= 11 is 0. The van der Waals surface area contributed by atoms with Crippen molar-refractivity contribution < 1.29 is 4.79 Å². The Morgan fingerprint density at radius 3 is 2.64 bits per heavy atom. The van der Waals surface area contributed by atoms with Crippen LogP contribution in [0.2, 0.25) is 0 Å². The molecule has 0 aliphatic carbocycles. The molecule has 5 nitrogen and oxygen atoms in total. The van der Waals surface area contributed by atoms with E-state index < -0.39 is 0 Å². The fraction of sp³-hybridized carbons (Fsp3) is 0.435. The minimum Gasteiger partial charge on any atom is -0.357 e. The predicted octanol–water partition coefficient (Wildman–Crippen LogP) is 3.58. The normalized spacial score (nSPS) is 21.6. The molecule has 0 N–H and O–H groups in total. The molecule has 1 spiro atoms. The van der Waals surface area contributed by atoms with Gasteiger partial charge in [-0.05, 0) is 49.3 Å². The van der Waals surface area contributed by atoms with Crippen LogP contribution in [0.25, 0.3) is 0 Å². The molecule has 3 heterocycles. The van der Waals surface area contributed by atoms with Crippen molar-refractivity contribution in [3.05, 3.63) is 59.8 Å². The molecule has 0 saturated carbocycles. The summed E-state index contributed by atoms with van der Waals surface area (Å²) in [5.74, 6) is 1.11. The zero-order chi connectivity index (χ0) is 19.6. The van der Waals surface area contributed by atoms with Gasteiger partial charge in [-0.1, -0.05) is 30.3 Å². The van der Waals surface area contributed by atoms with Crippen LogP contribution in [0.4, 0.5) is 5.82 Å². The van der Waals surface area contributed by atoms with Crippen molar-refractivity contribution in [2.45, 2.75) is 32.1 Å². The van der Waals surface area contributed by atoms with Crippen LogP contribution in [0, 0.1) is 16.7 Å². The summed E-state index contributed by atoms with van der Waals surface area (Å²) in [4.78, 5) is 21.8. The second-order valence-corrected chi connectivity index (χ2v) is 8.02. The SMILES string of the molecule is CCN1CC2(CCN(c3cc(C#N)ccn3)CC2)C[C@H](c2ccccc2)C1=O. The molecule has 0 radical (unpaired) electrons. The number of piperidine rings is 2. The van der Waals surface area contributed by atoms with Gasteiger partial charge in [0, 0.05) is 32.4 Å². The van der Waals surface area contributed by atoms with Crippen molar-refractivity contribution in [2.24, 2.45) is 5.41 Å². The average Bonchev–Trinajstić information content (AvgIpc) is 2.76. The second kappa shape index (κ2) is 7.63. The van der Waals surface area contributed by atoms with Gasteiger partial charge in [0.2, 0.25) is 5.91 Å². The van der Waals surface area contributed by atoms with Crippen molar-refractivity contribution in [1.82, 2.24) is 9.88 Å². The van der Waals surface area contributed by atoms with Crippen molar-refractivity contribution in [3.63, 3.8) is 0 Å². The monoisotopic (exact) mass is 374 g/mol. The van der Waals surface area contributed by atoms with Gasteiger partial charge in [0.15, 0.2) is 0 Å². The Bertz CT molecular complexity index is 881. The van der Waals surface area contributed by atoms with Gasteiger partial charge >= 0.3 is 0 Å². The Hall–Kier alpha value is -2.87. The van der Waals surface area contributed by atoms with Crippen LogP contribution in [0.1, 0.15) is 43.2 Å². The number of benzene rings is 1. The van der Waals surface area contributed by atoms with Crippen LogP contribution >= 0.6 is 0 Å². The van der Waals surface area contributed by atoms with E-state index in [-0.39, 0.29) is 17.2 Å². The van der Waals surface area contributed by atoms with Crippen LogP contribution in [-0.4, -0.2) is 42.0 Å². The first-order chi connectivity index (χ1) is 13.6. The quantitative estimate of drug-likeness (QED) is 0.824. The third-order valence-electron chi connectivity index (χ3n) is 6.38. The number of nitriles is 1. The van der Waals surface area contributed by atoms with Gasteiger partial charge in [-0.15, -0.1) is 0 Å². The Morgan fingerprint density at radius 2 is 1.96 bits per heavy atom. The van der Waals surface area contributed by atoms with Crippen LogP contribution in [0.5, 0.6) is 0 Å². The van der Waals surface area contributed by atoms with E-state index >= 15 is 0 Å². The standard InChI is InChI=1S/C23H26N4O/c1-2-26-17-23(15-20(22(26)28)19-6-4-3-5-7-19)9-12-27(13-10-23)21-14-18(16-24)8-11-25-21/h3-8,11,14,20H,2,9-10,12-13,15,17H2,1H3/t20-/m1/s1. The molecule has 1 amide bonds. The number of aromatic nitrogens is 1. The smallest absolute Gasteiger partial charge is 0.230 e. The van der Waals surface area contributed by atoms with Gasteiger partial charge in [-0.3, -0.25) is 4.79 Å². The number of likely N-dealkylation sites (N-methyl/N-ethyl adjacent to an activating group) is 1. The zero-order valence-electron chi connectivity index (χ0n) is 16.3. The van der Waals surface area contributed by atoms with Gasteiger partial charge < -0.3 is 9.80 Å². The Labute approximate surface area is 166 Å². The molecule has 28 heavy (non-hydrogen) atoms.